The molecule has 0 spiro atoms. The number of ketones is 1. The van der Waals surface area contributed by atoms with Crippen molar-refractivity contribution in [2.24, 2.45) is 0 Å². The highest BCUT2D eigenvalue weighted by molar-refractivity contribution is 8.00. The van der Waals surface area contributed by atoms with E-state index in [0.29, 0.717) is 21.0 Å². The van der Waals surface area contributed by atoms with Gasteiger partial charge in [-0.1, -0.05) is 95.5 Å². The van der Waals surface area contributed by atoms with E-state index in [2.05, 4.69) is 0 Å². The summed E-state index contributed by atoms with van der Waals surface area (Å²) in [4.78, 5) is 26.1. The maximum atomic E-state index is 13.0. The topological polar surface area (TPSA) is 43.4 Å². The van der Waals surface area contributed by atoms with Crippen molar-refractivity contribution in [2.45, 2.75) is 11.0 Å². The molecule has 0 N–H and O–H groups in total. The first-order chi connectivity index (χ1) is 14.0. The molecular weight excluding hydrogens is 451 g/mol. The van der Waals surface area contributed by atoms with Crippen LogP contribution in [-0.2, 0) is 9.53 Å². The summed E-state index contributed by atoms with van der Waals surface area (Å²) in [6.07, 6.45) is -1.03. The molecule has 0 bridgehead atoms. The molecule has 0 aromatic heterocycles. The van der Waals surface area contributed by atoms with Gasteiger partial charge in [-0.2, -0.15) is 0 Å². The van der Waals surface area contributed by atoms with Crippen molar-refractivity contribution in [3.8, 4) is 0 Å². The number of carbonyl (C=O) groups excluding carboxylic acids is 2. The molecule has 3 rings (SSSR count). The fourth-order valence-corrected chi connectivity index (χ4v) is 4.07. The van der Waals surface area contributed by atoms with E-state index >= 15 is 0 Å². The van der Waals surface area contributed by atoms with Gasteiger partial charge in [-0.3, -0.25) is 9.59 Å². The Kier molecular flexibility index (Phi) is 7.62. The summed E-state index contributed by atoms with van der Waals surface area (Å²) < 4.78 is 5.56. The van der Waals surface area contributed by atoms with Crippen molar-refractivity contribution < 1.29 is 14.3 Å². The maximum absolute atomic E-state index is 13.0. The molecule has 3 aromatic carbocycles. The average Bonchev–Trinajstić information content (AvgIpc) is 2.76. The first kappa shape index (κ1) is 21.7. The Labute approximate surface area is 187 Å². The van der Waals surface area contributed by atoms with Gasteiger partial charge in [0.1, 0.15) is 0 Å². The van der Waals surface area contributed by atoms with Crippen LogP contribution in [0.3, 0.4) is 0 Å². The molecule has 3 nitrogen and oxygen atoms in total. The zero-order chi connectivity index (χ0) is 20.8. The molecule has 3 aromatic rings. The van der Waals surface area contributed by atoms with Gasteiger partial charge in [-0.05, 0) is 12.1 Å². The quantitative estimate of drug-likeness (QED) is 0.165. The highest BCUT2D eigenvalue weighted by Crippen LogP contribution is 2.37. The molecule has 29 heavy (non-hydrogen) atoms. The van der Waals surface area contributed by atoms with Crippen molar-refractivity contribution >= 4 is 58.3 Å². The molecule has 0 aliphatic rings. The lowest BCUT2D eigenvalue weighted by Crippen LogP contribution is -2.21. The normalized spacial score (nSPS) is 11.7. The number of thioether (sulfide) groups is 1. The van der Waals surface area contributed by atoms with Crippen LogP contribution < -0.4 is 0 Å². The van der Waals surface area contributed by atoms with Crippen molar-refractivity contribution in [2.75, 3.05) is 5.75 Å². The van der Waals surface area contributed by atoms with Gasteiger partial charge in [0.15, 0.2) is 6.10 Å². The Morgan fingerprint density at radius 3 is 2.10 bits per heavy atom. The van der Waals surface area contributed by atoms with E-state index in [4.69, 9.17) is 39.5 Å². The molecule has 0 saturated heterocycles. The van der Waals surface area contributed by atoms with Gasteiger partial charge < -0.3 is 4.74 Å². The van der Waals surface area contributed by atoms with Crippen molar-refractivity contribution in [3.63, 3.8) is 0 Å². The minimum atomic E-state index is -1.03. The largest absolute Gasteiger partial charge is 0.448 e. The first-order valence-corrected chi connectivity index (χ1v) is 10.7. The number of benzene rings is 3. The summed E-state index contributed by atoms with van der Waals surface area (Å²) in [7, 11) is 0. The highest BCUT2D eigenvalue weighted by Gasteiger charge is 2.26. The number of esters is 1. The van der Waals surface area contributed by atoms with Gasteiger partial charge in [0.25, 0.3) is 0 Å². The van der Waals surface area contributed by atoms with E-state index in [1.807, 2.05) is 12.1 Å². The Hall–Kier alpha value is -1.98. The number of ether oxygens (including phenoxy) is 1. The molecule has 0 heterocycles. The SMILES string of the molecule is O=C(CSc1ccc(Cl)c(Cl)c1Cl)OC(C(=O)c1ccccc1)c1ccccc1. The average molecular weight is 466 g/mol. The Morgan fingerprint density at radius 2 is 1.45 bits per heavy atom. The summed E-state index contributed by atoms with van der Waals surface area (Å²) in [5, 5.41) is 0.839. The monoisotopic (exact) mass is 464 g/mol. The first-order valence-electron chi connectivity index (χ1n) is 8.57. The molecule has 0 radical (unpaired) electrons. The highest BCUT2D eigenvalue weighted by atomic mass is 35.5. The molecule has 0 aliphatic heterocycles. The minimum absolute atomic E-state index is 0.0386. The third-order valence-electron chi connectivity index (χ3n) is 3.99. The number of hydrogen-bond acceptors (Lipinski definition) is 4. The van der Waals surface area contributed by atoms with E-state index in [0.717, 1.165) is 11.8 Å². The summed E-state index contributed by atoms with van der Waals surface area (Å²) in [5.41, 5.74) is 1.07. The fourth-order valence-electron chi connectivity index (χ4n) is 2.58. The molecule has 0 aliphatic carbocycles. The van der Waals surface area contributed by atoms with Crippen LogP contribution >= 0.6 is 46.6 Å². The van der Waals surface area contributed by atoms with Gasteiger partial charge in [0.05, 0.1) is 20.8 Å². The van der Waals surface area contributed by atoms with Crippen LogP contribution in [0.25, 0.3) is 0 Å². The standard InChI is InChI=1S/C22H15Cl3O3S/c23-16-11-12-17(20(25)19(16)24)29-13-18(26)28-22(15-9-5-2-6-10-15)21(27)14-7-3-1-4-8-14/h1-12,22H,13H2. The zero-order valence-electron chi connectivity index (χ0n) is 15.0. The Balaban J connectivity index is 1.75. The predicted octanol–water partition coefficient (Wildman–Crippen LogP) is 6.91. The number of hydrogen-bond donors (Lipinski definition) is 0. The van der Waals surface area contributed by atoms with Gasteiger partial charge in [-0.25, -0.2) is 0 Å². The second kappa shape index (κ2) is 10.2. The van der Waals surface area contributed by atoms with Crippen LogP contribution in [0.2, 0.25) is 15.1 Å². The van der Waals surface area contributed by atoms with Crippen molar-refractivity contribution in [3.05, 3.63) is 99.0 Å². The van der Waals surface area contributed by atoms with Crippen LogP contribution in [0.5, 0.6) is 0 Å². The molecule has 1 atom stereocenters. The second-order valence-electron chi connectivity index (χ2n) is 5.97. The lowest BCUT2D eigenvalue weighted by molar-refractivity contribution is -0.144. The van der Waals surface area contributed by atoms with Crippen LogP contribution in [-0.4, -0.2) is 17.5 Å². The molecule has 1 unspecified atom stereocenters. The van der Waals surface area contributed by atoms with E-state index in [1.165, 1.54) is 0 Å². The van der Waals surface area contributed by atoms with E-state index in [-0.39, 0.29) is 21.6 Å². The predicted molar refractivity (Wildman–Crippen MR) is 118 cm³/mol. The Bertz CT molecular complexity index is 1010. The molecule has 7 heteroatoms. The van der Waals surface area contributed by atoms with Crippen molar-refractivity contribution in [1.82, 2.24) is 0 Å². The minimum Gasteiger partial charge on any atom is -0.448 e. The van der Waals surface area contributed by atoms with Crippen LogP contribution in [0.4, 0.5) is 0 Å². The van der Waals surface area contributed by atoms with Crippen molar-refractivity contribution in [1.29, 1.82) is 0 Å². The number of halogens is 3. The smallest absolute Gasteiger partial charge is 0.317 e. The zero-order valence-corrected chi connectivity index (χ0v) is 18.1. The van der Waals surface area contributed by atoms with Gasteiger partial charge in [0, 0.05) is 16.0 Å². The second-order valence-corrected chi connectivity index (χ2v) is 8.15. The van der Waals surface area contributed by atoms with Gasteiger partial charge >= 0.3 is 5.97 Å². The van der Waals surface area contributed by atoms with Crippen LogP contribution in [0, 0.1) is 0 Å². The van der Waals surface area contributed by atoms with Crippen LogP contribution in [0.1, 0.15) is 22.0 Å². The third kappa shape index (κ3) is 5.55. The molecular formula is C22H15Cl3O3S. The third-order valence-corrected chi connectivity index (χ3v) is 6.43. The molecule has 0 fully saturated rings. The van der Waals surface area contributed by atoms with E-state index in [1.54, 1.807) is 60.7 Å². The summed E-state index contributed by atoms with van der Waals surface area (Å²) in [6.45, 7) is 0. The van der Waals surface area contributed by atoms with E-state index < -0.39 is 12.1 Å². The van der Waals surface area contributed by atoms with Crippen LogP contribution in [0.15, 0.2) is 77.7 Å². The molecule has 148 valence electrons. The lowest BCUT2D eigenvalue weighted by atomic mass is 10.00. The summed E-state index contributed by atoms with van der Waals surface area (Å²) >= 11 is 19.3. The number of carbonyl (C=O) groups is 2. The summed E-state index contributed by atoms with van der Waals surface area (Å²) in [6, 6.07) is 20.9. The molecule has 0 saturated carbocycles. The molecule has 0 amide bonds. The lowest BCUT2D eigenvalue weighted by Gasteiger charge is -2.17. The maximum Gasteiger partial charge on any atom is 0.317 e. The Morgan fingerprint density at radius 1 is 0.828 bits per heavy atom. The number of rotatable bonds is 7. The van der Waals surface area contributed by atoms with Gasteiger partial charge in [-0.15, -0.1) is 11.8 Å². The fraction of sp³-hybridized carbons (Fsp3) is 0.0909. The van der Waals surface area contributed by atoms with E-state index in [9.17, 15) is 9.59 Å². The van der Waals surface area contributed by atoms with Gasteiger partial charge in [0.2, 0.25) is 5.78 Å². The summed E-state index contributed by atoms with van der Waals surface area (Å²) in [5.74, 6) is -0.874. The number of Topliss-reactive ketones (excluding diaryl/α,β-unsaturated/α-hetero) is 1.